The molecule has 2 fully saturated rings. The van der Waals surface area contributed by atoms with Gasteiger partial charge in [0.1, 0.15) is 11.7 Å². The summed E-state index contributed by atoms with van der Waals surface area (Å²) in [6.07, 6.45) is -0.946. The molecule has 0 aromatic heterocycles. The molecule has 0 unspecified atom stereocenters. The van der Waals surface area contributed by atoms with E-state index in [1.54, 1.807) is 11.1 Å². The lowest BCUT2D eigenvalue weighted by atomic mass is 9.76. The van der Waals surface area contributed by atoms with Gasteiger partial charge in [-0.2, -0.15) is 0 Å². The summed E-state index contributed by atoms with van der Waals surface area (Å²) in [6, 6.07) is 20.4. The van der Waals surface area contributed by atoms with Gasteiger partial charge in [0, 0.05) is 0 Å². The Morgan fingerprint density at radius 1 is 0.763 bits per heavy atom. The van der Waals surface area contributed by atoms with Gasteiger partial charge in [-0.15, -0.1) is 0 Å². The molecule has 38 heavy (non-hydrogen) atoms. The summed E-state index contributed by atoms with van der Waals surface area (Å²) in [7, 11) is 0. The predicted molar refractivity (Wildman–Crippen MR) is 149 cm³/mol. The van der Waals surface area contributed by atoms with Crippen LogP contribution in [0.15, 0.2) is 66.7 Å². The normalized spacial score (nSPS) is 21.8. The lowest BCUT2D eigenvalue weighted by Gasteiger charge is -2.33. The number of nitrogens with zero attached hydrogens (tertiary/aromatic N) is 2. The number of hydrogen-bond acceptors (Lipinski definition) is 5. The van der Waals surface area contributed by atoms with E-state index in [1.165, 1.54) is 4.90 Å². The number of carbonyl (C=O) groups is 2. The minimum atomic E-state index is -0.946. The van der Waals surface area contributed by atoms with Crippen LogP contribution >= 0.6 is 0 Å². The summed E-state index contributed by atoms with van der Waals surface area (Å²) in [4.78, 5) is 35.3. The SMILES string of the molecule is Cc1cccc(N2C(=O)[C@H]3[C@H](ON(c4ccccc4)[C@H]3c3cc(C(C)(C)C)c(O)c(C(C)(C)C)c3)C2=O)c1. The summed E-state index contributed by atoms with van der Waals surface area (Å²) in [6.45, 7) is 14.3. The lowest BCUT2D eigenvalue weighted by molar-refractivity contribution is -0.126. The standard InChI is InChI=1S/C32H36N2O4/c1-19-12-11-15-22(16-19)33-29(36)25-26(34(38-28(25)30(33)37)21-13-9-8-10-14-21)20-17-23(31(2,3)4)27(35)24(18-20)32(5,6)7/h8-18,25-26,28,35H,1-7H3/t25-,26+,28+/m1/s1. The number of amides is 2. The Bertz CT molecular complexity index is 1370. The molecule has 3 aromatic carbocycles. The van der Waals surface area contributed by atoms with E-state index in [4.69, 9.17) is 4.84 Å². The molecule has 0 radical (unpaired) electrons. The minimum absolute atomic E-state index is 0.269. The second-order valence-corrected chi connectivity index (χ2v) is 12.5. The average molecular weight is 513 g/mol. The summed E-state index contributed by atoms with van der Waals surface area (Å²) in [5.74, 6) is -1.12. The molecule has 0 saturated carbocycles. The fourth-order valence-corrected chi connectivity index (χ4v) is 5.54. The molecule has 0 aliphatic carbocycles. The molecule has 2 amide bonds. The van der Waals surface area contributed by atoms with Crippen LogP contribution in [0.5, 0.6) is 5.75 Å². The van der Waals surface area contributed by atoms with Crippen molar-refractivity contribution < 1.29 is 19.5 Å². The molecule has 0 spiro atoms. The molecule has 5 rings (SSSR count). The highest BCUT2D eigenvalue weighted by atomic mass is 16.7. The maximum Gasteiger partial charge on any atom is 0.266 e. The number of aryl methyl sites for hydroxylation is 1. The number of phenols is 1. The van der Waals surface area contributed by atoms with Gasteiger partial charge >= 0.3 is 0 Å². The van der Waals surface area contributed by atoms with Crippen LogP contribution in [-0.2, 0) is 25.3 Å². The van der Waals surface area contributed by atoms with Crippen LogP contribution in [0.3, 0.4) is 0 Å². The number of carbonyl (C=O) groups excluding carboxylic acids is 2. The first kappa shape index (κ1) is 26.0. The molecule has 3 atom stereocenters. The molecule has 6 heteroatoms. The molecule has 2 heterocycles. The first-order valence-electron chi connectivity index (χ1n) is 13.1. The van der Waals surface area contributed by atoms with E-state index in [0.717, 1.165) is 27.9 Å². The third-order valence-electron chi connectivity index (χ3n) is 7.48. The maximum atomic E-state index is 14.0. The van der Waals surface area contributed by atoms with Gasteiger partial charge < -0.3 is 5.11 Å². The number of benzene rings is 3. The Balaban J connectivity index is 1.70. The Labute approximate surface area is 224 Å². The molecule has 6 nitrogen and oxygen atoms in total. The van der Waals surface area contributed by atoms with E-state index < -0.39 is 18.1 Å². The Morgan fingerprint density at radius 3 is 1.89 bits per heavy atom. The van der Waals surface area contributed by atoms with Gasteiger partial charge in [-0.1, -0.05) is 71.9 Å². The van der Waals surface area contributed by atoms with Crippen LogP contribution in [-0.4, -0.2) is 23.0 Å². The lowest BCUT2D eigenvalue weighted by Crippen LogP contribution is -2.37. The second kappa shape index (κ2) is 8.98. The van der Waals surface area contributed by atoms with Gasteiger partial charge in [-0.25, -0.2) is 9.96 Å². The molecule has 2 aliphatic rings. The first-order valence-corrected chi connectivity index (χ1v) is 13.1. The van der Waals surface area contributed by atoms with Crippen molar-refractivity contribution in [3.63, 3.8) is 0 Å². The molecular weight excluding hydrogens is 476 g/mol. The van der Waals surface area contributed by atoms with Gasteiger partial charge in [-0.05, 0) is 76.4 Å². The molecule has 1 N–H and O–H groups in total. The van der Waals surface area contributed by atoms with E-state index >= 15 is 0 Å². The largest absolute Gasteiger partial charge is 0.507 e. The highest BCUT2D eigenvalue weighted by Crippen LogP contribution is 2.50. The molecule has 2 aliphatic heterocycles. The zero-order chi connectivity index (χ0) is 27.6. The zero-order valence-corrected chi connectivity index (χ0v) is 23.1. The van der Waals surface area contributed by atoms with E-state index in [-0.39, 0.29) is 28.4 Å². The number of phenolic OH excluding ortho intramolecular Hbond substituents is 1. The van der Waals surface area contributed by atoms with E-state index in [1.807, 2.05) is 67.6 Å². The van der Waals surface area contributed by atoms with Crippen LogP contribution in [0, 0.1) is 12.8 Å². The summed E-state index contributed by atoms with van der Waals surface area (Å²) in [5, 5.41) is 13.0. The minimum Gasteiger partial charge on any atom is -0.507 e. The highest BCUT2D eigenvalue weighted by molar-refractivity contribution is 6.24. The van der Waals surface area contributed by atoms with Crippen molar-refractivity contribution in [1.82, 2.24) is 0 Å². The number of aromatic hydroxyl groups is 1. The van der Waals surface area contributed by atoms with Gasteiger partial charge in [0.25, 0.3) is 5.91 Å². The third kappa shape index (κ3) is 4.27. The van der Waals surface area contributed by atoms with E-state index in [9.17, 15) is 14.7 Å². The highest BCUT2D eigenvalue weighted by Gasteiger charge is 2.60. The quantitative estimate of drug-likeness (QED) is 0.414. The van der Waals surface area contributed by atoms with Crippen LogP contribution in [0.1, 0.15) is 69.8 Å². The zero-order valence-electron chi connectivity index (χ0n) is 23.1. The smallest absolute Gasteiger partial charge is 0.266 e. The van der Waals surface area contributed by atoms with Crippen molar-refractivity contribution in [2.45, 2.75) is 71.4 Å². The van der Waals surface area contributed by atoms with Crippen molar-refractivity contribution in [2.75, 3.05) is 9.96 Å². The summed E-state index contributed by atoms with van der Waals surface area (Å²) >= 11 is 0. The van der Waals surface area contributed by atoms with Crippen molar-refractivity contribution >= 4 is 23.2 Å². The number of rotatable bonds is 3. The predicted octanol–water partition coefficient (Wildman–Crippen LogP) is 6.35. The van der Waals surface area contributed by atoms with Gasteiger partial charge in [0.2, 0.25) is 5.91 Å². The Kier molecular flexibility index (Phi) is 6.14. The number of hydrogen-bond donors (Lipinski definition) is 1. The van der Waals surface area contributed by atoms with Crippen molar-refractivity contribution in [3.8, 4) is 5.75 Å². The molecule has 0 bridgehead atoms. The first-order chi connectivity index (χ1) is 17.8. The topological polar surface area (TPSA) is 70.1 Å². The van der Waals surface area contributed by atoms with Crippen LogP contribution < -0.4 is 9.96 Å². The van der Waals surface area contributed by atoms with E-state index in [0.29, 0.717) is 5.69 Å². The number of anilines is 2. The summed E-state index contributed by atoms with van der Waals surface area (Å²) < 4.78 is 0. The van der Waals surface area contributed by atoms with Crippen LogP contribution in [0.4, 0.5) is 11.4 Å². The second-order valence-electron chi connectivity index (χ2n) is 12.5. The molecule has 198 valence electrons. The summed E-state index contributed by atoms with van der Waals surface area (Å²) in [5.41, 5.74) is 4.01. The number of hydroxylamine groups is 1. The third-order valence-corrected chi connectivity index (χ3v) is 7.48. The van der Waals surface area contributed by atoms with Gasteiger partial charge in [-0.3, -0.25) is 14.4 Å². The maximum absolute atomic E-state index is 14.0. The van der Waals surface area contributed by atoms with Crippen LogP contribution in [0.25, 0.3) is 0 Å². The average Bonchev–Trinajstić information content (AvgIpc) is 3.34. The van der Waals surface area contributed by atoms with Crippen molar-refractivity contribution in [1.29, 1.82) is 0 Å². The van der Waals surface area contributed by atoms with Crippen molar-refractivity contribution in [3.05, 3.63) is 89.0 Å². The Hall–Kier alpha value is -3.64. The molecular formula is C32H36N2O4. The number of para-hydroxylation sites is 1. The number of imide groups is 1. The van der Waals surface area contributed by atoms with E-state index in [2.05, 4.69) is 41.5 Å². The van der Waals surface area contributed by atoms with Gasteiger partial charge in [0.05, 0.1) is 17.4 Å². The Morgan fingerprint density at radius 2 is 1.34 bits per heavy atom. The van der Waals surface area contributed by atoms with Crippen LogP contribution in [0.2, 0.25) is 0 Å². The fraction of sp³-hybridized carbons (Fsp3) is 0.375. The van der Waals surface area contributed by atoms with Crippen molar-refractivity contribution in [2.24, 2.45) is 5.92 Å². The number of fused-ring (bicyclic) bond motifs is 1. The van der Waals surface area contributed by atoms with Gasteiger partial charge in [0.15, 0.2) is 6.10 Å². The monoisotopic (exact) mass is 512 g/mol. The molecule has 3 aromatic rings. The fourth-order valence-electron chi connectivity index (χ4n) is 5.54. The molecule has 2 saturated heterocycles.